The van der Waals surface area contributed by atoms with E-state index < -0.39 is 0 Å². The van der Waals surface area contributed by atoms with E-state index >= 15 is 0 Å². The van der Waals surface area contributed by atoms with Crippen molar-refractivity contribution in [3.63, 3.8) is 0 Å². The third-order valence-corrected chi connectivity index (χ3v) is 4.75. The van der Waals surface area contributed by atoms with E-state index in [1.807, 2.05) is 29.6 Å². The van der Waals surface area contributed by atoms with Gasteiger partial charge >= 0.3 is 0 Å². The van der Waals surface area contributed by atoms with Crippen molar-refractivity contribution in [1.82, 2.24) is 5.32 Å². The van der Waals surface area contributed by atoms with Crippen LogP contribution in [0.2, 0.25) is 0 Å². The maximum Gasteiger partial charge on any atom is 0.252 e. The monoisotopic (exact) mass is 275 g/mol. The highest BCUT2D eigenvalue weighted by Crippen LogP contribution is 2.27. The molecular formula is C15H17NO2S. The molecule has 0 aliphatic heterocycles. The lowest BCUT2D eigenvalue weighted by Crippen LogP contribution is -2.28. The van der Waals surface area contributed by atoms with Crippen LogP contribution in [-0.4, -0.2) is 23.7 Å². The van der Waals surface area contributed by atoms with Gasteiger partial charge in [-0.15, -0.1) is 11.3 Å². The maximum absolute atomic E-state index is 12.2. The molecule has 1 heterocycles. The lowest BCUT2D eigenvalue weighted by atomic mass is 10.1. The van der Waals surface area contributed by atoms with Gasteiger partial charge in [0.2, 0.25) is 0 Å². The number of aliphatic hydroxyl groups is 1. The molecule has 0 spiro atoms. The van der Waals surface area contributed by atoms with Gasteiger partial charge in [-0.2, -0.15) is 0 Å². The quantitative estimate of drug-likeness (QED) is 0.905. The Hall–Kier alpha value is -1.39. The van der Waals surface area contributed by atoms with Crippen molar-refractivity contribution in [2.45, 2.75) is 25.4 Å². The number of amides is 1. The molecule has 3 rings (SSSR count). The topological polar surface area (TPSA) is 49.3 Å². The molecule has 1 aliphatic carbocycles. The van der Waals surface area contributed by atoms with Gasteiger partial charge in [-0.25, -0.2) is 0 Å². The second kappa shape index (κ2) is 5.31. The summed E-state index contributed by atoms with van der Waals surface area (Å²) in [5, 5.41) is 15.4. The molecule has 1 aromatic carbocycles. The van der Waals surface area contributed by atoms with Crippen LogP contribution in [-0.2, 0) is 0 Å². The standard InChI is InChI=1S/C15H17NO2S/c17-11-6-5-10(7-11)8-16-15(18)13-9-19-14-4-2-1-3-12(13)14/h1-4,9-11,17H,5-8H2,(H,16,18). The molecule has 0 radical (unpaired) electrons. The van der Waals surface area contributed by atoms with Gasteiger partial charge in [0.15, 0.2) is 0 Å². The Balaban J connectivity index is 1.67. The number of rotatable bonds is 3. The molecule has 2 N–H and O–H groups in total. The van der Waals surface area contributed by atoms with Gasteiger partial charge in [0, 0.05) is 22.0 Å². The summed E-state index contributed by atoms with van der Waals surface area (Å²) in [6, 6.07) is 7.96. The Morgan fingerprint density at radius 3 is 3.00 bits per heavy atom. The molecule has 1 amide bonds. The van der Waals surface area contributed by atoms with E-state index in [1.54, 1.807) is 11.3 Å². The zero-order valence-corrected chi connectivity index (χ0v) is 11.5. The molecule has 19 heavy (non-hydrogen) atoms. The van der Waals surface area contributed by atoms with Gasteiger partial charge < -0.3 is 10.4 Å². The fourth-order valence-electron chi connectivity index (χ4n) is 2.72. The first-order valence-electron chi connectivity index (χ1n) is 6.66. The van der Waals surface area contributed by atoms with Crippen molar-refractivity contribution in [1.29, 1.82) is 0 Å². The molecule has 3 nitrogen and oxygen atoms in total. The summed E-state index contributed by atoms with van der Waals surface area (Å²) in [5.41, 5.74) is 0.763. The normalized spacial score (nSPS) is 22.8. The minimum atomic E-state index is -0.177. The van der Waals surface area contributed by atoms with Crippen molar-refractivity contribution in [2.24, 2.45) is 5.92 Å². The second-order valence-corrected chi connectivity index (χ2v) is 6.10. The van der Waals surface area contributed by atoms with Gasteiger partial charge in [-0.1, -0.05) is 18.2 Å². The average Bonchev–Trinajstić information content (AvgIpc) is 3.02. The Labute approximate surface area is 116 Å². The fraction of sp³-hybridized carbons (Fsp3) is 0.400. The van der Waals surface area contributed by atoms with E-state index in [2.05, 4.69) is 5.32 Å². The number of carbonyl (C=O) groups excluding carboxylic acids is 1. The molecule has 4 heteroatoms. The van der Waals surface area contributed by atoms with Crippen molar-refractivity contribution in [3.05, 3.63) is 35.2 Å². The van der Waals surface area contributed by atoms with Gasteiger partial charge in [0.25, 0.3) is 5.91 Å². The fourth-order valence-corrected chi connectivity index (χ4v) is 3.66. The van der Waals surface area contributed by atoms with Crippen molar-refractivity contribution in [3.8, 4) is 0 Å². The number of hydrogen-bond donors (Lipinski definition) is 2. The maximum atomic E-state index is 12.2. The summed E-state index contributed by atoms with van der Waals surface area (Å²) >= 11 is 1.60. The van der Waals surface area contributed by atoms with Gasteiger partial charge in [-0.3, -0.25) is 4.79 Å². The summed E-state index contributed by atoms with van der Waals surface area (Å²) in [4.78, 5) is 12.2. The second-order valence-electron chi connectivity index (χ2n) is 5.19. The van der Waals surface area contributed by atoms with E-state index in [-0.39, 0.29) is 12.0 Å². The summed E-state index contributed by atoms with van der Waals surface area (Å²) in [7, 11) is 0. The van der Waals surface area contributed by atoms with Gasteiger partial charge in [0.1, 0.15) is 0 Å². The first kappa shape index (κ1) is 12.6. The first-order chi connectivity index (χ1) is 9.24. The smallest absolute Gasteiger partial charge is 0.252 e. The van der Waals surface area contributed by atoms with Gasteiger partial charge in [0.05, 0.1) is 11.7 Å². The third kappa shape index (κ3) is 2.65. The predicted molar refractivity (Wildman–Crippen MR) is 77.5 cm³/mol. The molecule has 1 fully saturated rings. The molecule has 1 aromatic heterocycles. The molecule has 100 valence electrons. The van der Waals surface area contributed by atoms with Crippen LogP contribution in [0.4, 0.5) is 0 Å². The summed E-state index contributed by atoms with van der Waals surface area (Å²) in [5.74, 6) is 0.419. The number of nitrogens with one attached hydrogen (secondary N) is 1. The van der Waals surface area contributed by atoms with E-state index in [0.29, 0.717) is 12.5 Å². The van der Waals surface area contributed by atoms with Crippen molar-refractivity contribution >= 4 is 27.3 Å². The molecule has 1 saturated carbocycles. The van der Waals surface area contributed by atoms with Crippen LogP contribution >= 0.6 is 11.3 Å². The Bertz CT molecular complexity index is 593. The van der Waals surface area contributed by atoms with Crippen LogP contribution in [0.1, 0.15) is 29.6 Å². The third-order valence-electron chi connectivity index (χ3n) is 3.79. The Morgan fingerprint density at radius 1 is 1.37 bits per heavy atom. The summed E-state index contributed by atoms with van der Waals surface area (Å²) < 4.78 is 1.14. The van der Waals surface area contributed by atoms with E-state index in [9.17, 15) is 9.90 Å². The number of hydrogen-bond acceptors (Lipinski definition) is 3. The Morgan fingerprint density at radius 2 is 2.21 bits per heavy atom. The van der Waals surface area contributed by atoms with Gasteiger partial charge in [-0.05, 0) is 31.2 Å². The molecule has 2 unspecified atom stereocenters. The van der Waals surface area contributed by atoms with Crippen LogP contribution in [0.5, 0.6) is 0 Å². The number of thiophene rings is 1. The van der Waals surface area contributed by atoms with Crippen LogP contribution in [0.15, 0.2) is 29.6 Å². The summed E-state index contributed by atoms with van der Waals surface area (Å²) in [6.45, 7) is 0.667. The van der Waals surface area contributed by atoms with E-state index in [4.69, 9.17) is 0 Å². The van der Waals surface area contributed by atoms with Crippen LogP contribution in [0.25, 0.3) is 10.1 Å². The van der Waals surface area contributed by atoms with Crippen LogP contribution < -0.4 is 5.32 Å². The minimum absolute atomic E-state index is 0.00107. The number of aliphatic hydroxyl groups excluding tert-OH is 1. The first-order valence-corrected chi connectivity index (χ1v) is 7.54. The highest BCUT2D eigenvalue weighted by molar-refractivity contribution is 7.17. The van der Waals surface area contributed by atoms with Crippen LogP contribution in [0.3, 0.4) is 0 Å². The molecule has 1 aliphatic rings. The van der Waals surface area contributed by atoms with Crippen LogP contribution in [0, 0.1) is 5.92 Å². The lowest BCUT2D eigenvalue weighted by Gasteiger charge is -2.10. The molecule has 0 bridgehead atoms. The van der Waals surface area contributed by atoms with Crippen molar-refractivity contribution < 1.29 is 9.90 Å². The SMILES string of the molecule is O=C(NCC1CCC(O)C1)c1csc2ccccc12. The van der Waals surface area contributed by atoms with Crippen molar-refractivity contribution in [2.75, 3.05) is 6.54 Å². The minimum Gasteiger partial charge on any atom is -0.393 e. The highest BCUT2D eigenvalue weighted by atomic mass is 32.1. The number of fused-ring (bicyclic) bond motifs is 1. The zero-order chi connectivity index (χ0) is 13.2. The number of carbonyl (C=O) groups is 1. The van der Waals surface area contributed by atoms with E-state index in [0.717, 1.165) is 34.9 Å². The lowest BCUT2D eigenvalue weighted by molar-refractivity contribution is 0.0947. The predicted octanol–water partition coefficient (Wildman–Crippen LogP) is 2.79. The number of benzene rings is 1. The Kier molecular flexibility index (Phi) is 3.53. The molecule has 2 aromatic rings. The van der Waals surface area contributed by atoms with E-state index in [1.165, 1.54) is 0 Å². The highest BCUT2D eigenvalue weighted by Gasteiger charge is 2.23. The summed E-state index contributed by atoms with van der Waals surface area (Å²) in [6.07, 6.45) is 2.50. The molecule has 2 atom stereocenters. The zero-order valence-electron chi connectivity index (χ0n) is 10.6. The average molecular weight is 275 g/mol. The largest absolute Gasteiger partial charge is 0.393 e. The molecule has 0 saturated heterocycles. The molecular weight excluding hydrogens is 258 g/mol.